The van der Waals surface area contributed by atoms with Crippen molar-refractivity contribution in [1.82, 2.24) is 5.32 Å². The van der Waals surface area contributed by atoms with Gasteiger partial charge in [-0.05, 0) is 37.5 Å². The SMILES string of the molecule is O=C1NCCCC/C1=C\c1ccco1. The minimum atomic E-state index is 0.0406. The average Bonchev–Trinajstić information content (AvgIpc) is 2.60. The van der Waals surface area contributed by atoms with Crippen molar-refractivity contribution in [3.05, 3.63) is 29.7 Å². The summed E-state index contributed by atoms with van der Waals surface area (Å²) in [5, 5.41) is 2.86. The zero-order valence-corrected chi connectivity index (χ0v) is 7.95. The molecule has 0 atom stereocenters. The summed E-state index contributed by atoms with van der Waals surface area (Å²) in [4.78, 5) is 11.5. The summed E-state index contributed by atoms with van der Waals surface area (Å²) in [7, 11) is 0. The van der Waals surface area contributed by atoms with Crippen LogP contribution in [0.1, 0.15) is 25.0 Å². The molecule has 3 nitrogen and oxygen atoms in total. The van der Waals surface area contributed by atoms with Crippen LogP contribution in [-0.2, 0) is 4.79 Å². The van der Waals surface area contributed by atoms with Crippen LogP contribution in [0.4, 0.5) is 0 Å². The molecule has 1 amide bonds. The van der Waals surface area contributed by atoms with Gasteiger partial charge >= 0.3 is 0 Å². The average molecular weight is 191 g/mol. The van der Waals surface area contributed by atoms with Crippen LogP contribution in [0.25, 0.3) is 6.08 Å². The molecule has 74 valence electrons. The Morgan fingerprint density at radius 2 is 2.36 bits per heavy atom. The Morgan fingerprint density at radius 1 is 1.43 bits per heavy atom. The molecule has 1 aliphatic heterocycles. The zero-order chi connectivity index (χ0) is 9.80. The van der Waals surface area contributed by atoms with Gasteiger partial charge in [0.25, 0.3) is 0 Å². The minimum Gasteiger partial charge on any atom is -0.465 e. The van der Waals surface area contributed by atoms with Gasteiger partial charge in [-0.25, -0.2) is 0 Å². The molecule has 0 unspecified atom stereocenters. The summed E-state index contributed by atoms with van der Waals surface area (Å²) in [6.45, 7) is 0.786. The number of furan rings is 1. The van der Waals surface area contributed by atoms with Gasteiger partial charge in [0.15, 0.2) is 0 Å². The summed E-state index contributed by atoms with van der Waals surface area (Å²) in [6.07, 6.45) is 6.39. The van der Waals surface area contributed by atoms with Gasteiger partial charge < -0.3 is 9.73 Å². The monoisotopic (exact) mass is 191 g/mol. The maximum absolute atomic E-state index is 11.5. The molecule has 0 aliphatic carbocycles. The molecular formula is C11H13NO2. The van der Waals surface area contributed by atoms with Gasteiger partial charge in [0, 0.05) is 12.1 Å². The Morgan fingerprint density at radius 3 is 3.14 bits per heavy atom. The molecule has 0 radical (unpaired) electrons. The predicted molar refractivity (Wildman–Crippen MR) is 53.5 cm³/mol. The van der Waals surface area contributed by atoms with E-state index in [9.17, 15) is 4.79 Å². The lowest BCUT2D eigenvalue weighted by Gasteiger charge is -2.00. The molecule has 2 heterocycles. The van der Waals surface area contributed by atoms with Crippen LogP contribution in [0.3, 0.4) is 0 Å². The van der Waals surface area contributed by atoms with Gasteiger partial charge in [0.2, 0.25) is 5.91 Å². The number of carbonyl (C=O) groups is 1. The Kier molecular flexibility index (Phi) is 2.68. The largest absolute Gasteiger partial charge is 0.465 e. The van der Waals surface area contributed by atoms with Crippen LogP contribution in [0, 0.1) is 0 Å². The molecule has 1 saturated heterocycles. The smallest absolute Gasteiger partial charge is 0.247 e. The summed E-state index contributed by atoms with van der Waals surface area (Å²) < 4.78 is 5.17. The Labute approximate surface area is 82.8 Å². The molecule has 1 fully saturated rings. The Balaban J connectivity index is 2.18. The first-order chi connectivity index (χ1) is 6.86. The van der Waals surface area contributed by atoms with Gasteiger partial charge in [-0.3, -0.25) is 4.79 Å². The van der Waals surface area contributed by atoms with Crippen molar-refractivity contribution in [3.63, 3.8) is 0 Å². The normalized spacial score (nSPS) is 20.6. The van der Waals surface area contributed by atoms with Crippen LogP contribution >= 0.6 is 0 Å². The number of hydrogen-bond acceptors (Lipinski definition) is 2. The predicted octanol–water partition coefficient (Wildman–Crippen LogP) is 1.96. The Hall–Kier alpha value is -1.51. The third kappa shape index (κ3) is 2.05. The second-order valence-electron chi connectivity index (χ2n) is 3.40. The molecule has 2 rings (SSSR count). The van der Waals surface area contributed by atoms with E-state index < -0.39 is 0 Å². The fourth-order valence-electron chi connectivity index (χ4n) is 1.55. The van der Waals surface area contributed by atoms with Crippen molar-refractivity contribution in [2.75, 3.05) is 6.54 Å². The molecule has 1 aromatic heterocycles. The number of amides is 1. The molecule has 14 heavy (non-hydrogen) atoms. The number of nitrogens with one attached hydrogen (secondary N) is 1. The zero-order valence-electron chi connectivity index (χ0n) is 7.95. The maximum Gasteiger partial charge on any atom is 0.247 e. The topological polar surface area (TPSA) is 42.2 Å². The van der Waals surface area contributed by atoms with Gasteiger partial charge in [-0.15, -0.1) is 0 Å². The number of hydrogen-bond donors (Lipinski definition) is 1. The highest BCUT2D eigenvalue weighted by Crippen LogP contribution is 2.15. The molecule has 0 bridgehead atoms. The lowest BCUT2D eigenvalue weighted by atomic mass is 10.1. The van der Waals surface area contributed by atoms with Crippen LogP contribution in [0.5, 0.6) is 0 Å². The van der Waals surface area contributed by atoms with Gasteiger partial charge in [0.1, 0.15) is 5.76 Å². The quantitative estimate of drug-likeness (QED) is 0.689. The lowest BCUT2D eigenvalue weighted by molar-refractivity contribution is -0.117. The molecule has 1 aliphatic rings. The molecule has 0 saturated carbocycles. The van der Waals surface area contributed by atoms with E-state index in [2.05, 4.69) is 5.32 Å². The molecule has 0 aromatic carbocycles. The second kappa shape index (κ2) is 4.13. The van der Waals surface area contributed by atoms with E-state index >= 15 is 0 Å². The summed E-state index contributed by atoms with van der Waals surface area (Å²) in [6, 6.07) is 3.67. The van der Waals surface area contributed by atoms with E-state index in [0.29, 0.717) is 0 Å². The van der Waals surface area contributed by atoms with Crippen molar-refractivity contribution in [2.24, 2.45) is 0 Å². The van der Waals surface area contributed by atoms with Gasteiger partial charge in [-0.2, -0.15) is 0 Å². The highest BCUT2D eigenvalue weighted by molar-refractivity contribution is 5.97. The van der Waals surface area contributed by atoms with Crippen molar-refractivity contribution in [3.8, 4) is 0 Å². The Bertz CT molecular complexity index is 338. The van der Waals surface area contributed by atoms with Crippen molar-refractivity contribution in [2.45, 2.75) is 19.3 Å². The minimum absolute atomic E-state index is 0.0406. The standard InChI is InChI=1S/C11H13NO2/c13-11-9(4-1-2-6-12-11)8-10-5-3-7-14-10/h3,5,7-8H,1-2,4,6H2,(H,12,13)/b9-8+. The van der Waals surface area contributed by atoms with E-state index in [1.54, 1.807) is 6.26 Å². The van der Waals surface area contributed by atoms with Crippen molar-refractivity contribution in [1.29, 1.82) is 0 Å². The van der Waals surface area contributed by atoms with Crippen LogP contribution < -0.4 is 5.32 Å². The first-order valence-corrected chi connectivity index (χ1v) is 4.88. The first-order valence-electron chi connectivity index (χ1n) is 4.88. The molecule has 1 aromatic rings. The first kappa shape index (κ1) is 9.06. The fourth-order valence-corrected chi connectivity index (χ4v) is 1.55. The fraction of sp³-hybridized carbons (Fsp3) is 0.364. The molecule has 1 N–H and O–H groups in total. The molecule has 0 spiro atoms. The lowest BCUT2D eigenvalue weighted by Crippen LogP contribution is -2.23. The van der Waals surface area contributed by atoms with E-state index in [4.69, 9.17) is 4.42 Å². The van der Waals surface area contributed by atoms with Gasteiger partial charge in [0.05, 0.1) is 6.26 Å². The third-order valence-electron chi connectivity index (χ3n) is 2.31. The van der Waals surface area contributed by atoms with Crippen LogP contribution in [-0.4, -0.2) is 12.5 Å². The van der Waals surface area contributed by atoms with E-state index in [1.807, 2.05) is 18.2 Å². The summed E-state index contributed by atoms with van der Waals surface area (Å²) in [5.74, 6) is 0.788. The number of carbonyl (C=O) groups excluding carboxylic acids is 1. The second-order valence-corrected chi connectivity index (χ2v) is 3.40. The molecular weight excluding hydrogens is 178 g/mol. The van der Waals surface area contributed by atoms with Crippen molar-refractivity contribution >= 4 is 12.0 Å². The van der Waals surface area contributed by atoms with Crippen molar-refractivity contribution < 1.29 is 9.21 Å². The van der Waals surface area contributed by atoms with E-state index in [-0.39, 0.29) is 5.91 Å². The summed E-state index contributed by atoms with van der Waals surface area (Å²) in [5.41, 5.74) is 0.817. The number of rotatable bonds is 1. The summed E-state index contributed by atoms with van der Waals surface area (Å²) >= 11 is 0. The highest BCUT2D eigenvalue weighted by atomic mass is 16.3. The van der Waals surface area contributed by atoms with E-state index in [0.717, 1.165) is 37.1 Å². The van der Waals surface area contributed by atoms with Crippen LogP contribution in [0.2, 0.25) is 0 Å². The van der Waals surface area contributed by atoms with Gasteiger partial charge in [-0.1, -0.05) is 0 Å². The third-order valence-corrected chi connectivity index (χ3v) is 2.31. The highest BCUT2D eigenvalue weighted by Gasteiger charge is 2.12. The van der Waals surface area contributed by atoms with Crippen LogP contribution in [0.15, 0.2) is 28.4 Å². The molecule has 3 heteroatoms. The maximum atomic E-state index is 11.5. The van der Waals surface area contributed by atoms with E-state index in [1.165, 1.54) is 0 Å².